The fraction of sp³-hybridized carbons (Fsp3) is 0.733. The van der Waals surface area contributed by atoms with Crippen LogP contribution < -0.4 is 5.73 Å². The molecule has 0 spiro atoms. The second-order valence-corrected chi connectivity index (χ2v) is 6.98. The van der Waals surface area contributed by atoms with Gasteiger partial charge in [0.25, 0.3) is 0 Å². The molecule has 3 heteroatoms. The van der Waals surface area contributed by atoms with E-state index in [0.29, 0.717) is 12.0 Å². The lowest BCUT2D eigenvalue weighted by Crippen LogP contribution is -2.34. The molecule has 1 fully saturated rings. The summed E-state index contributed by atoms with van der Waals surface area (Å²) in [6, 6.07) is 4.38. The molecule has 0 bridgehead atoms. The van der Waals surface area contributed by atoms with Crippen LogP contribution >= 0.6 is 11.3 Å². The highest BCUT2D eigenvalue weighted by molar-refractivity contribution is 7.12. The Labute approximate surface area is 115 Å². The molecule has 2 N–H and O–H groups in total. The van der Waals surface area contributed by atoms with Crippen LogP contribution in [0.1, 0.15) is 55.4 Å². The molecule has 1 aliphatic carbocycles. The molecule has 1 heterocycles. The summed E-state index contributed by atoms with van der Waals surface area (Å²) in [5, 5.41) is 0. The fourth-order valence-electron chi connectivity index (χ4n) is 2.73. The lowest BCUT2D eigenvalue weighted by molar-refractivity contribution is -0.0636. The second-order valence-electron chi connectivity index (χ2n) is 5.66. The maximum atomic E-state index is 6.35. The van der Waals surface area contributed by atoms with E-state index in [1.807, 2.05) is 18.3 Å². The highest BCUT2D eigenvalue weighted by atomic mass is 32.1. The Morgan fingerprint density at radius 3 is 2.61 bits per heavy atom. The lowest BCUT2D eigenvalue weighted by atomic mass is 9.87. The zero-order chi connectivity index (χ0) is 13.1. The van der Waals surface area contributed by atoms with Crippen molar-refractivity contribution in [1.82, 2.24) is 0 Å². The monoisotopic (exact) mass is 267 g/mol. The zero-order valence-corrected chi connectivity index (χ0v) is 12.5. The minimum Gasteiger partial charge on any atom is -0.368 e. The Balaban J connectivity index is 2.06. The average molecular weight is 267 g/mol. The first-order valence-electron chi connectivity index (χ1n) is 7.05. The van der Waals surface area contributed by atoms with Crippen molar-refractivity contribution in [3.8, 4) is 0 Å². The summed E-state index contributed by atoms with van der Waals surface area (Å²) < 4.78 is 6.35. The fourth-order valence-corrected chi connectivity index (χ4v) is 3.76. The molecular formula is C15H25NOS. The zero-order valence-electron chi connectivity index (χ0n) is 11.7. The molecule has 2 rings (SSSR count). The van der Waals surface area contributed by atoms with Crippen molar-refractivity contribution in [3.05, 3.63) is 21.9 Å². The van der Waals surface area contributed by atoms with Gasteiger partial charge in [0.05, 0.1) is 6.10 Å². The van der Waals surface area contributed by atoms with Gasteiger partial charge in [-0.05, 0) is 44.7 Å². The molecule has 1 aliphatic rings. The third-order valence-corrected chi connectivity index (χ3v) is 4.94. The second kappa shape index (κ2) is 6.18. The van der Waals surface area contributed by atoms with E-state index in [-0.39, 0.29) is 12.1 Å². The summed E-state index contributed by atoms with van der Waals surface area (Å²) in [7, 11) is 0. The standard InChI is InChI=1S/C15H25NOS/c1-10-6-4-5-7-13(10)17-15(12(3)16)14-9-8-11(2)18-14/h8-10,12-13,15H,4-7,16H2,1-3H3. The van der Waals surface area contributed by atoms with Gasteiger partial charge in [0.15, 0.2) is 0 Å². The summed E-state index contributed by atoms with van der Waals surface area (Å²) in [5.74, 6) is 0.668. The molecule has 2 nitrogen and oxygen atoms in total. The van der Waals surface area contributed by atoms with Gasteiger partial charge in [-0.3, -0.25) is 0 Å². The molecule has 1 aromatic rings. The molecule has 1 saturated carbocycles. The van der Waals surface area contributed by atoms with E-state index in [9.17, 15) is 0 Å². The number of rotatable bonds is 4. The number of ether oxygens (including phenoxy) is 1. The Morgan fingerprint density at radius 2 is 2.06 bits per heavy atom. The first kappa shape index (κ1) is 14.0. The molecule has 4 unspecified atom stereocenters. The van der Waals surface area contributed by atoms with Gasteiger partial charge in [-0.15, -0.1) is 11.3 Å². The largest absolute Gasteiger partial charge is 0.368 e. The summed E-state index contributed by atoms with van der Waals surface area (Å²) in [6.45, 7) is 6.49. The smallest absolute Gasteiger partial charge is 0.107 e. The molecule has 1 aromatic heterocycles. The first-order chi connectivity index (χ1) is 8.58. The molecule has 18 heavy (non-hydrogen) atoms. The lowest BCUT2D eigenvalue weighted by Gasteiger charge is -2.33. The third kappa shape index (κ3) is 3.34. The van der Waals surface area contributed by atoms with E-state index in [2.05, 4.69) is 26.0 Å². The van der Waals surface area contributed by atoms with Crippen LogP contribution in [0.15, 0.2) is 12.1 Å². The summed E-state index contributed by atoms with van der Waals surface area (Å²) in [5.41, 5.74) is 6.12. The van der Waals surface area contributed by atoms with Gasteiger partial charge >= 0.3 is 0 Å². The Morgan fingerprint density at radius 1 is 1.33 bits per heavy atom. The van der Waals surface area contributed by atoms with Crippen LogP contribution in [0, 0.1) is 12.8 Å². The summed E-state index contributed by atoms with van der Waals surface area (Å²) in [6.07, 6.45) is 5.58. The highest BCUT2D eigenvalue weighted by Gasteiger charge is 2.28. The topological polar surface area (TPSA) is 35.2 Å². The maximum absolute atomic E-state index is 6.35. The van der Waals surface area contributed by atoms with Crippen molar-refractivity contribution in [3.63, 3.8) is 0 Å². The van der Waals surface area contributed by atoms with Gasteiger partial charge in [-0.1, -0.05) is 19.8 Å². The normalized spacial score (nSPS) is 28.0. The van der Waals surface area contributed by atoms with Crippen molar-refractivity contribution < 1.29 is 4.74 Å². The number of thiophene rings is 1. The molecule has 4 atom stereocenters. The van der Waals surface area contributed by atoms with Gasteiger partial charge < -0.3 is 10.5 Å². The van der Waals surface area contributed by atoms with Gasteiger partial charge in [-0.2, -0.15) is 0 Å². The van der Waals surface area contributed by atoms with Crippen molar-refractivity contribution in [1.29, 1.82) is 0 Å². The predicted molar refractivity (Wildman–Crippen MR) is 78.0 cm³/mol. The van der Waals surface area contributed by atoms with Gasteiger partial charge in [0.2, 0.25) is 0 Å². The van der Waals surface area contributed by atoms with Crippen LogP contribution in [0.3, 0.4) is 0 Å². The molecule has 0 aliphatic heterocycles. The molecule has 102 valence electrons. The van der Waals surface area contributed by atoms with Crippen LogP contribution in [0.25, 0.3) is 0 Å². The molecule has 0 aromatic carbocycles. The number of nitrogens with two attached hydrogens (primary N) is 1. The SMILES string of the molecule is Cc1ccc(C(OC2CCCCC2C)C(C)N)s1. The maximum Gasteiger partial charge on any atom is 0.107 e. The summed E-state index contributed by atoms with van der Waals surface area (Å²) in [4.78, 5) is 2.61. The Bertz CT molecular complexity index is 374. The van der Waals surface area contributed by atoms with Crippen molar-refractivity contribution in [2.75, 3.05) is 0 Å². The van der Waals surface area contributed by atoms with Crippen LogP contribution in [0.2, 0.25) is 0 Å². The number of hydrogen-bond acceptors (Lipinski definition) is 3. The van der Waals surface area contributed by atoms with E-state index < -0.39 is 0 Å². The summed E-state index contributed by atoms with van der Waals surface area (Å²) >= 11 is 1.81. The van der Waals surface area contributed by atoms with Crippen LogP contribution in [-0.2, 0) is 4.74 Å². The predicted octanol–water partition coefficient (Wildman–Crippen LogP) is 4.04. The van der Waals surface area contributed by atoms with E-state index >= 15 is 0 Å². The Hall–Kier alpha value is -0.380. The van der Waals surface area contributed by atoms with Gasteiger partial charge in [-0.25, -0.2) is 0 Å². The Kier molecular flexibility index (Phi) is 4.82. The third-order valence-electron chi connectivity index (χ3n) is 3.87. The molecule has 0 radical (unpaired) electrons. The molecule has 0 amide bonds. The van der Waals surface area contributed by atoms with Crippen LogP contribution in [0.4, 0.5) is 0 Å². The van der Waals surface area contributed by atoms with E-state index in [1.165, 1.54) is 35.4 Å². The quantitative estimate of drug-likeness (QED) is 0.893. The minimum absolute atomic E-state index is 0.0529. The van der Waals surface area contributed by atoms with Crippen molar-refractivity contribution in [2.24, 2.45) is 11.7 Å². The number of hydrogen-bond donors (Lipinski definition) is 1. The van der Waals surface area contributed by atoms with E-state index in [1.54, 1.807) is 0 Å². The van der Waals surface area contributed by atoms with E-state index in [0.717, 1.165) is 0 Å². The van der Waals surface area contributed by atoms with E-state index in [4.69, 9.17) is 10.5 Å². The molecular weight excluding hydrogens is 242 g/mol. The van der Waals surface area contributed by atoms with Crippen molar-refractivity contribution >= 4 is 11.3 Å². The average Bonchev–Trinajstić information content (AvgIpc) is 2.74. The minimum atomic E-state index is 0.0529. The van der Waals surface area contributed by atoms with Gasteiger partial charge in [0, 0.05) is 15.8 Å². The van der Waals surface area contributed by atoms with Crippen LogP contribution in [-0.4, -0.2) is 12.1 Å². The highest BCUT2D eigenvalue weighted by Crippen LogP contribution is 2.34. The first-order valence-corrected chi connectivity index (χ1v) is 7.87. The molecule has 0 saturated heterocycles. The van der Waals surface area contributed by atoms with Gasteiger partial charge in [0.1, 0.15) is 6.10 Å². The number of aryl methyl sites for hydroxylation is 1. The van der Waals surface area contributed by atoms with Crippen molar-refractivity contribution in [2.45, 2.75) is 64.7 Å². The van der Waals surface area contributed by atoms with Crippen LogP contribution in [0.5, 0.6) is 0 Å².